The van der Waals surface area contributed by atoms with Crippen molar-refractivity contribution >= 4 is 16.7 Å². The maximum Gasteiger partial charge on any atom is 0.144 e. The van der Waals surface area contributed by atoms with Gasteiger partial charge in [-0.05, 0) is 34.1 Å². The van der Waals surface area contributed by atoms with Gasteiger partial charge in [0.15, 0.2) is 0 Å². The van der Waals surface area contributed by atoms with Crippen LogP contribution in [0.2, 0.25) is 0 Å². The van der Waals surface area contributed by atoms with Crippen molar-refractivity contribution in [3.63, 3.8) is 0 Å². The van der Waals surface area contributed by atoms with Gasteiger partial charge >= 0.3 is 0 Å². The summed E-state index contributed by atoms with van der Waals surface area (Å²) in [6.45, 7) is 9.29. The maximum atomic E-state index is 11.7. The van der Waals surface area contributed by atoms with Crippen LogP contribution in [0.5, 0.6) is 0 Å². The van der Waals surface area contributed by atoms with Crippen LogP contribution in [-0.2, 0) is 15.7 Å². The van der Waals surface area contributed by atoms with Crippen molar-refractivity contribution in [1.82, 2.24) is 0 Å². The predicted octanol–water partition coefficient (Wildman–Crippen LogP) is 1.95. The second kappa shape index (κ2) is 4.53. The lowest BCUT2D eigenvalue weighted by molar-refractivity contribution is 0.193. The van der Waals surface area contributed by atoms with Crippen LogP contribution in [0.3, 0.4) is 0 Å². The topological polar surface area (TPSA) is 38.7 Å². The van der Waals surface area contributed by atoms with Crippen molar-refractivity contribution in [2.24, 2.45) is 10.3 Å². The van der Waals surface area contributed by atoms with Gasteiger partial charge in [-0.2, -0.15) is 4.40 Å². The third kappa shape index (κ3) is 3.17. The molecule has 0 saturated carbocycles. The van der Waals surface area contributed by atoms with E-state index in [1.807, 2.05) is 27.7 Å². The molecule has 14 heavy (non-hydrogen) atoms. The van der Waals surface area contributed by atoms with Crippen molar-refractivity contribution in [2.75, 3.05) is 13.2 Å². The molecule has 1 unspecified atom stereocenters. The summed E-state index contributed by atoms with van der Waals surface area (Å²) < 4.78 is 21.0. The van der Waals surface area contributed by atoms with Crippen LogP contribution in [0, 0.1) is 5.92 Å². The first kappa shape index (κ1) is 11.9. The lowest BCUT2D eigenvalue weighted by Crippen LogP contribution is -2.22. The molecule has 0 N–H and O–H groups in total. The summed E-state index contributed by atoms with van der Waals surface area (Å²) in [4.78, 5) is 0. The average Bonchev–Trinajstić information content (AvgIpc) is 2.53. The average molecular weight is 217 g/mol. The molecule has 3 nitrogen and oxygen atoms in total. The fourth-order valence-electron chi connectivity index (χ4n) is 1.21. The quantitative estimate of drug-likeness (QED) is 0.663. The second-order valence-corrected chi connectivity index (χ2v) is 6.56. The second-order valence-electron chi connectivity index (χ2n) is 4.65. The van der Waals surface area contributed by atoms with Gasteiger partial charge in [0.25, 0.3) is 0 Å². The summed E-state index contributed by atoms with van der Waals surface area (Å²) in [7, 11) is -1.13. The zero-order chi connectivity index (χ0) is 10.8. The van der Waals surface area contributed by atoms with Crippen LogP contribution in [0.15, 0.2) is 4.40 Å². The Hall–Kier alpha value is -0.220. The highest BCUT2D eigenvalue weighted by Gasteiger charge is 2.23. The van der Waals surface area contributed by atoms with Crippen molar-refractivity contribution in [3.05, 3.63) is 0 Å². The number of hydrogen-bond donors (Lipinski definition) is 0. The van der Waals surface area contributed by atoms with E-state index in [1.54, 1.807) is 0 Å². The Bertz CT molecular complexity index is 249. The molecule has 0 aromatic rings. The fraction of sp³-hybridized carbons (Fsp3) is 0.900. The van der Waals surface area contributed by atoms with Crippen LogP contribution in [-0.4, -0.2) is 27.9 Å². The summed E-state index contributed by atoms with van der Waals surface area (Å²) >= 11 is 0. The highest BCUT2D eigenvalue weighted by Crippen LogP contribution is 2.18. The van der Waals surface area contributed by atoms with Gasteiger partial charge in [-0.3, -0.25) is 0 Å². The van der Waals surface area contributed by atoms with Crippen LogP contribution in [0.4, 0.5) is 0 Å². The molecule has 0 radical (unpaired) electrons. The van der Waals surface area contributed by atoms with Gasteiger partial charge in [-0.15, -0.1) is 0 Å². The SMILES string of the molecule is CC(=N[S@@](=O)C(C)(C)C)C1CCOC1. The first-order valence-electron chi connectivity index (χ1n) is 4.96. The van der Waals surface area contributed by atoms with E-state index in [1.165, 1.54) is 0 Å². The summed E-state index contributed by atoms with van der Waals surface area (Å²) in [6.07, 6.45) is 1.01. The molecule has 4 heteroatoms. The van der Waals surface area contributed by atoms with E-state index in [4.69, 9.17) is 4.74 Å². The first-order valence-corrected chi connectivity index (χ1v) is 6.07. The van der Waals surface area contributed by atoms with E-state index in [9.17, 15) is 4.21 Å². The Morgan fingerprint density at radius 2 is 2.14 bits per heavy atom. The standard InChI is InChI=1S/C10H19NO2S/c1-8(9-5-6-13-7-9)11-14(12)10(2,3)4/h9H,5-7H2,1-4H3/t9?,14-/m0/s1. The minimum atomic E-state index is -1.13. The highest BCUT2D eigenvalue weighted by atomic mass is 32.2. The van der Waals surface area contributed by atoms with Crippen LogP contribution < -0.4 is 0 Å². The molecule has 0 aromatic heterocycles. The van der Waals surface area contributed by atoms with Crippen molar-refractivity contribution < 1.29 is 8.95 Å². The van der Waals surface area contributed by atoms with Crippen LogP contribution in [0.1, 0.15) is 34.1 Å². The molecule has 0 bridgehead atoms. The predicted molar refractivity (Wildman–Crippen MR) is 59.9 cm³/mol. The summed E-state index contributed by atoms with van der Waals surface area (Å²) in [5.41, 5.74) is 0.968. The zero-order valence-corrected chi connectivity index (χ0v) is 10.2. The van der Waals surface area contributed by atoms with Crippen LogP contribution >= 0.6 is 0 Å². The first-order chi connectivity index (χ1) is 6.41. The van der Waals surface area contributed by atoms with E-state index in [-0.39, 0.29) is 4.75 Å². The number of nitrogens with zero attached hydrogens (tertiary/aromatic N) is 1. The molecule has 2 atom stereocenters. The van der Waals surface area contributed by atoms with Crippen molar-refractivity contribution in [1.29, 1.82) is 0 Å². The Kier molecular flexibility index (Phi) is 3.84. The molecule has 82 valence electrons. The van der Waals surface area contributed by atoms with Gasteiger partial charge in [0.2, 0.25) is 0 Å². The highest BCUT2D eigenvalue weighted by molar-refractivity contribution is 7.85. The lowest BCUT2D eigenvalue weighted by atomic mass is 10.1. The number of hydrogen-bond acceptors (Lipinski definition) is 2. The summed E-state index contributed by atoms with van der Waals surface area (Å²) in [6, 6.07) is 0. The van der Waals surface area contributed by atoms with Gasteiger partial charge in [-0.25, -0.2) is 4.21 Å². The molecule has 1 fully saturated rings. The zero-order valence-electron chi connectivity index (χ0n) is 9.37. The van der Waals surface area contributed by atoms with Gasteiger partial charge in [0.05, 0.1) is 11.4 Å². The molecule has 1 aliphatic rings. The van der Waals surface area contributed by atoms with Crippen molar-refractivity contribution in [2.45, 2.75) is 38.9 Å². The summed E-state index contributed by atoms with van der Waals surface area (Å²) in [5.74, 6) is 0.376. The van der Waals surface area contributed by atoms with Crippen LogP contribution in [0.25, 0.3) is 0 Å². The number of rotatable bonds is 2. The minimum absolute atomic E-state index is 0.263. The third-order valence-corrected chi connectivity index (χ3v) is 3.77. The van der Waals surface area contributed by atoms with E-state index in [0.29, 0.717) is 5.92 Å². The molecular formula is C10H19NO2S. The Balaban J connectivity index is 2.63. The summed E-state index contributed by atoms with van der Waals surface area (Å²) in [5, 5.41) is 0. The van der Waals surface area contributed by atoms with E-state index < -0.39 is 11.0 Å². The molecular weight excluding hydrogens is 198 g/mol. The van der Waals surface area contributed by atoms with Crippen molar-refractivity contribution in [3.8, 4) is 0 Å². The molecule has 1 heterocycles. The van der Waals surface area contributed by atoms with Gasteiger partial charge in [0.1, 0.15) is 11.0 Å². The Labute approximate surface area is 88.5 Å². The monoisotopic (exact) mass is 217 g/mol. The lowest BCUT2D eigenvalue weighted by Gasteiger charge is -2.15. The molecule has 0 aromatic carbocycles. The van der Waals surface area contributed by atoms with Gasteiger partial charge in [0, 0.05) is 18.2 Å². The van der Waals surface area contributed by atoms with E-state index in [0.717, 1.165) is 25.3 Å². The minimum Gasteiger partial charge on any atom is -0.381 e. The van der Waals surface area contributed by atoms with E-state index in [2.05, 4.69) is 4.40 Å². The normalized spacial score (nSPS) is 26.6. The largest absolute Gasteiger partial charge is 0.381 e. The molecule has 0 spiro atoms. The Morgan fingerprint density at radius 1 is 1.50 bits per heavy atom. The van der Waals surface area contributed by atoms with Gasteiger partial charge < -0.3 is 4.74 Å². The third-order valence-electron chi connectivity index (χ3n) is 2.27. The molecule has 1 saturated heterocycles. The molecule has 0 aliphatic carbocycles. The fourth-order valence-corrected chi connectivity index (χ4v) is 1.89. The van der Waals surface area contributed by atoms with Gasteiger partial charge in [-0.1, -0.05) is 0 Å². The smallest absolute Gasteiger partial charge is 0.144 e. The number of ether oxygens (including phenoxy) is 1. The van der Waals surface area contributed by atoms with E-state index >= 15 is 0 Å². The molecule has 1 aliphatic heterocycles. The molecule has 0 amide bonds. The molecule has 1 rings (SSSR count). The Morgan fingerprint density at radius 3 is 2.57 bits per heavy atom. The maximum absolute atomic E-state index is 11.7.